The van der Waals surface area contributed by atoms with E-state index in [9.17, 15) is 43.2 Å². The van der Waals surface area contributed by atoms with E-state index in [4.69, 9.17) is 37.0 Å². The molecule has 0 spiro atoms. The SMILES string of the molecule is CCCCCC/C=C\C=C/CCCCCCCC(=O)O[C@H](COC(=O)CCCCCCCCCCCCCCCCC)COP(=O)(O)OC[C@@H](O)COP(=O)(O)OC[C@@H](COC(=O)CCCCCCCCCCC(C)CC)OC(=O)CCCCCCCCCCCCCCC. The number of phosphoric ester groups is 2. The number of rotatable bonds is 74. The smallest absolute Gasteiger partial charge is 0.462 e. The number of allylic oxidation sites excluding steroid dienone is 4. The van der Waals surface area contributed by atoms with Crippen LogP contribution in [0.4, 0.5) is 0 Å². The number of hydrogen-bond donors (Lipinski definition) is 3. The summed E-state index contributed by atoms with van der Waals surface area (Å²) >= 11 is 0. The van der Waals surface area contributed by atoms with Crippen molar-refractivity contribution in [1.82, 2.24) is 0 Å². The summed E-state index contributed by atoms with van der Waals surface area (Å²) in [6.07, 6.45) is 60.2. The first kappa shape index (κ1) is 92.5. The summed E-state index contributed by atoms with van der Waals surface area (Å²) in [7, 11) is -9.92. The molecule has 0 amide bonds. The van der Waals surface area contributed by atoms with Crippen LogP contribution in [0.3, 0.4) is 0 Å². The molecule has 3 unspecified atom stereocenters. The Kier molecular flexibility index (Phi) is 66.9. The minimum atomic E-state index is -4.96. The first-order valence-electron chi connectivity index (χ1n) is 39.0. The van der Waals surface area contributed by atoms with Crippen LogP contribution in [0.15, 0.2) is 24.3 Å². The van der Waals surface area contributed by atoms with Crippen molar-refractivity contribution < 1.29 is 80.2 Å². The molecular formula is C76H144O17P2. The number of aliphatic hydroxyl groups excluding tert-OH is 1. The highest BCUT2D eigenvalue weighted by Gasteiger charge is 2.30. The van der Waals surface area contributed by atoms with Crippen molar-refractivity contribution in [3.05, 3.63) is 24.3 Å². The fourth-order valence-corrected chi connectivity index (χ4v) is 12.7. The lowest BCUT2D eigenvalue weighted by atomic mass is 9.99. The second-order valence-electron chi connectivity index (χ2n) is 26.9. The molecule has 0 aromatic carbocycles. The number of phosphoric acid groups is 2. The molecule has 0 saturated heterocycles. The average Bonchev–Trinajstić information content (AvgIpc) is 1.51. The largest absolute Gasteiger partial charge is 0.472 e. The highest BCUT2D eigenvalue weighted by molar-refractivity contribution is 7.47. The molecule has 0 bridgehead atoms. The fourth-order valence-electron chi connectivity index (χ4n) is 11.1. The first-order valence-corrected chi connectivity index (χ1v) is 42.0. The standard InChI is InChI=1S/C76H144O17P2/c1-6-10-13-16-19-22-25-28-30-33-35-38-44-49-54-59-73(78)86-65-71(92-76(81)62-57-52-47-40-37-34-31-29-26-23-20-17-14-11-7-2)67-90-94(82,83)88-63-70(77)64-89-95(84,85)91-68-72(66-87-74(79)60-55-50-45-42-41-43-48-53-58-69(5)9-4)93-75(80)61-56-51-46-39-36-32-27-24-21-18-15-12-8-3/h23,26,29,31,69-72,77H,6-22,24-25,27-28,30,32-68H2,1-5H3,(H,82,83)(H,84,85)/b26-23-,31-29-/t69?,70-,71-,72-/m1/s1. The molecular weight excluding hydrogens is 1250 g/mol. The van der Waals surface area contributed by atoms with Crippen molar-refractivity contribution in [1.29, 1.82) is 0 Å². The van der Waals surface area contributed by atoms with E-state index < -0.39 is 97.5 Å². The van der Waals surface area contributed by atoms with E-state index in [1.807, 2.05) is 0 Å². The maximum absolute atomic E-state index is 13.1. The Balaban J connectivity index is 5.30. The molecule has 0 aliphatic carbocycles. The van der Waals surface area contributed by atoms with E-state index in [-0.39, 0.29) is 25.7 Å². The normalized spacial score (nSPS) is 14.4. The van der Waals surface area contributed by atoms with Gasteiger partial charge in [0.25, 0.3) is 0 Å². The minimum Gasteiger partial charge on any atom is -0.462 e. The van der Waals surface area contributed by atoms with Crippen molar-refractivity contribution in [2.45, 2.75) is 393 Å². The number of carbonyl (C=O) groups is 4. The van der Waals surface area contributed by atoms with E-state index in [0.717, 1.165) is 109 Å². The number of unbranched alkanes of at least 4 members (excludes halogenated alkanes) is 42. The Bertz CT molecular complexity index is 1920. The summed E-state index contributed by atoms with van der Waals surface area (Å²) in [4.78, 5) is 72.8. The number of ether oxygens (including phenoxy) is 4. The molecule has 0 aliphatic heterocycles. The Morgan fingerprint density at radius 3 is 0.895 bits per heavy atom. The minimum absolute atomic E-state index is 0.0857. The Morgan fingerprint density at radius 2 is 0.589 bits per heavy atom. The predicted molar refractivity (Wildman–Crippen MR) is 386 cm³/mol. The molecule has 6 atom stereocenters. The molecule has 0 rings (SSSR count). The van der Waals surface area contributed by atoms with Gasteiger partial charge in [-0.3, -0.25) is 37.3 Å². The molecule has 95 heavy (non-hydrogen) atoms. The van der Waals surface area contributed by atoms with Gasteiger partial charge in [0.05, 0.1) is 26.4 Å². The van der Waals surface area contributed by atoms with Crippen LogP contribution in [0.5, 0.6) is 0 Å². The van der Waals surface area contributed by atoms with Crippen molar-refractivity contribution in [2.24, 2.45) is 5.92 Å². The van der Waals surface area contributed by atoms with Gasteiger partial charge in [-0.05, 0) is 57.3 Å². The summed E-state index contributed by atoms with van der Waals surface area (Å²) in [5, 5.41) is 10.6. The van der Waals surface area contributed by atoms with E-state index >= 15 is 0 Å². The van der Waals surface area contributed by atoms with E-state index in [1.54, 1.807) is 0 Å². The van der Waals surface area contributed by atoms with Crippen LogP contribution in [0.1, 0.15) is 375 Å². The topological polar surface area (TPSA) is 237 Å². The van der Waals surface area contributed by atoms with Gasteiger partial charge >= 0.3 is 39.5 Å². The molecule has 0 aliphatic rings. The van der Waals surface area contributed by atoms with Gasteiger partial charge in [-0.1, -0.05) is 322 Å². The average molecular weight is 1390 g/mol. The molecule has 0 heterocycles. The number of esters is 4. The highest BCUT2D eigenvalue weighted by atomic mass is 31.2. The van der Waals surface area contributed by atoms with E-state index in [2.05, 4.69) is 58.9 Å². The number of carbonyl (C=O) groups excluding carboxylic acids is 4. The zero-order valence-electron chi connectivity index (χ0n) is 61.3. The summed E-state index contributed by atoms with van der Waals surface area (Å²) in [6, 6.07) is 0. The second-order valence-corrected chi connectivity index (χ2v) is 29.9. The van der Waals surface area contributed by atoms with Gasteiger partial charge in [-0.25, -0.2) is 9.13 Å². The van der Waals surface area contributed by atoms with Crippen LogP contribution in [-0.4, -0.2) is 96.7 Å². The maximum atomic E-state index is 13.1. The van der Waals surface area contributed by atoms with Crippen LogP contribution in [0.2, 0.25) is 0 Å². The molecule has 0 radical (unpaired) electrons. The Morgan fingerprint density at radius 1 is 0.337 bits per heavy atom. The van der Waals surface area contributed by atoms with Gasteiger partial charge < -0.3 is 33.8 Å². The third kappa shape index (κ3) is 68.5. The zero-order chi connectivity index (χ0) is 69.8. The van der Waals surface area contributed by atoms with E-state index in [0.29, 0.717) is 25.7 Å². The molecule has 0 aromatic rings. The van der Waals surface area contributed by atoms with Crippen molar-refractivity contribution in [3.8, 4) is 0 Å². The van der Waals surface area contributed by atoms with Gasteiger partial charge in [0.1, 0.15) is 19.3 Å². The fraction of sp³-hybridized carbons (Fsp3) is 0.895. The molecule has 17 nitrogen and oxygen atoms in total. The van der Waals surface area contributed by atoms with Gasteiger partial charge in [0.2, 0.25) is 0 Å². The lowest BCUT2D eigenvalue weighted by Gasteiger charge is -2.21. The van der Waals surface area contributed by atoms with Crippen LogP contribution >= 0.6 is 15.6 Å². The molecule has 3 N–H and O–H groups in total. The van der Waals surface area contributed by atoms with Crippen molar-refractivity contribution in [2.75, 3.05) is 39.6 Å². The monoisotopic (exact) mass is 1390 g/mol. The first-order chi connectivity index (χ1) is 46.1. The third-order valence-corrected chi connectivity index (χ3v) is 19.4. The van der Waals surface area contributed by atoms with Crippen LogP contribution < -0.4 is 0 Å². The van der Waals surface area contributed by atoms with E-state index in [1.165, 1.54) is 186 Å². The van der Waals surface area contributed by atoms with Crippen LogP contribution in [0.25, 0.3) is 0 Å². The molecule has 560 valence electrons. The predicted octanol–water partition coefficient (Wildman–Crippen LogP) is 22.0. The summed E-state index contributed by atoms with van der Waals surface area (Å²) in [5.74, 6) is -1.37. The van der Waals surface area contributed by atoms with Crippen molar-refractivity contribution in [3.63, 3.8) is 0 Å². The van der Waals surface area contributed by atoms with Crippen LogP contribution in [0, 0.1) is 5.92 Å². The summed E-state index contributed by atoms with van der Waals surface area (Å²) in [5.41, 5.74) is 0. The second kappa shape index (κ2) is 68.7. The van der Waals surface area contributed by atoms with Gasteiger partial charge in [0.15, 0.2) is 12.2 Å². The quantitative estimate of drug-likeness (QED) is 0.0169. The van der Waals surface area contributed by atoms with Gasteiger partial charge in [-0.15, -0.1) is 0 Å². The lowest BCUT2D eigenvalue weighted by Crippen LogP contribution is -2.30. The van der Waals surface area contributed by atoms with Crippen LogP contribution in [-0.2, 0) is 65.4 Å². The molecule has 0 fully saturated rings. The van der Waals surface area contributed by atoms with Gasteiger partial charge in [0, 0.05) is 25.7 Å². The van der Waals surface area contributed by atoms with Crippen molar-refractivity contribution >= 4 is 39.5 Å². The summed E-state index contributed by atoms with van der Waals surface area (Å²) < 4.78 is 68.5. The molecule has 19 heteroatoms. The maximum Gasteiger partial charge on any atom is 0.472 e. The van der Waals surface area contributed by atoms with Gasteiger partial charge in [-0.2, -0.15) is 0 Å². The Labute approximate surface area is 580 Å². The number of aliphatic hydroxyl groups is 1. The third-order valence-electron chi connectivity index (χ3n) is 17.5. The molecule has 0 saturated carbocycles. The Hall–Kier alpha value is -2.46. The highest BCUT2D eigenvalue weighted by Crippen LogP contribution is 2.45. The number of hydrogen-bond acceptors (Lipinski definition) is 15. The summed E-state index contributed by atoms with van der Waals surface area (Å²) in [6.45, 7) is 7.23. The lowest BCUT2D eigenvalue weighted by molar-refractivity contribution is -0.161. The molecule has 0 aromatic heterocycles. The zero-order valence-corrected chi connectivity index (χ0v) is 63.1.